The third-order valence-corrected chi connectivity index (χ3v) is 6.00. The monoisotopic (exact) mass is 498 g/mol. The highest BCUT2D eigenvalue weighted by atomic mass is 16.2. The number of hydrogen-bond acceptors (Lipinski definition) is 4. The van der Waals surface area contributed by atoms with Gasteiger partial charge in [-0.3, -0.25) is 19.5 Å². The standard InChI is InChI=1S/C32H26N4O2/c1-24(25-11-4-2-5-12-25)35-32(38)31(28-15-10-22-34-23-28)36(30(37)16-8-9-21-33)29-19-17-27(18-20-29)26-13-6-3-7-14-26/h2-7,10-15,17-20,22-24,31H,9H2,1H3,(H,35,38)/t24-,31+/m0/s1. The maximum atomic E-state index is 13.8. The molecule has 1 N–H and O–H groups in total. The highest BCUT2D eigenvalue weighted by molar-refractivity contribution is 6.10. The van der Waals surface area contributed by atoms with Crippen LogP contribution in [0.3, 0.4) is 0 Å². The van der Waals surface area contributed by atoms with Crippen molar-refractivity contribution >= 4 is 17.5 Å². The first-order chi connectivity index (χ1) is 18.6. The number of hydrogen-bond donors (Lipinski definition) is 1. The van der Waals surface area contributed by atoms with Crippen molar-refractivity contribution in [2.75, 3.05) is 4.90 Å². The Hall–Kier alpha value is -5.20. The molecule has 0 unspecified atom stereocenters. The normalized spacial score (nSPS) is 11.7. The molecule has 2 atom stereocenters. The summed E-state index contributed by atoms with van der Waals surface area (Å²) in [6, 6.07) is 30.9. The summed E-state index contributed by atoms with van der Waals surface area (Å²) in [7, 11) is 0. The first kappa shape index (κ1) is 25.9. The lowest BCUT2D eigenvalue weighted by molar-refractivity contribution is -0.125. The lowest BCUT2D eigenvalue weighted by Gasteiger charge is -2.31. The number of nitriles is 1. The number of rotatable bonds is 7. The number of carbonyl (C=O) groups is 2. The van der Waals surface area contributed by atoms with Crippen LogP contribution >= 0.6 is 0 Å². The predicted molar refractivity (Wildman–Crippen MR) is 147 cm³/mol. The molecular weight excluding hydrogens is 472 g/mol. The molecule has 38 heavy (non-hydrogen) atoms. The minimum atomic E-state index is -1.04. The third-order valence-electron chi connectivity index (χ3n) is 6.00. The summed E-state index contributed by atoms with van der Waals surface area (Å²) in [6.45, 7) is 1.89. The molecular formula is C32H26N4O2. The largest absolute Gasteiger partial charge is 0.347 e. The van der Waals surface area contributed by atoms with E-state index in [0.29, 0.717) is 11.3 Å². The molecule has 0 radical (unpaired) electrons. The van der Waals surface area contributed by atoms with Crippen LogP contribution in [0.4, 0.5) is 5.69 Å². The Morgan fingerprint density at radius 3 is 2.13 bits per heavy atom. The molecule has 2 amide bonds. The van der Waals surface area contributed by atoms with E-state index in [9.17, 15) is 9.59 Å². The van der Waals surface area contributed by atoms with Gasteiger partial charge in [0, 0.05) is 23.6 Å². The maximum Gasteiger partial charge on any atom is 0.303 e. The fourth-order valence-electron chi connectivity index (χ4n) is 4.12. The first-order valence-corrected chi connectivity index (χ1v) is 12.2. The van der Waals surface area contributed by atoms with Crippen LogP contribution in [0.1, 0.15) is 36.6 Å². The summed E-state index contributed by atoms with van der Waals surface area (Å²) >= 11 is 0. The molecule has 1 aromatic heterocycles. The van der Waals surface area contributed by atoms with E-state index in [0.717, 1.165) is 16.7 Å². The number of pyridine rings is 1. The van der Waals surface area contributed by atoms with Crippen LogP contribution < -0.4 is 10.2 Å². The summed E-state index contributed by atoms with van der Waals surface area (Å²) in [5, 5.41) is 11.9. The molecule has 1 heterocycles. The van der Waals surface area contributed by atoms with E-state index >= 15 is 0 Å². The molecule has 0 saturated heterocycles. The van der Waals surface area contributed by atoms with Gasteiger partial charge in [-0.05, 0) is 47.7 Å². The number of aromatic nitrogens is 1. The van der Waals surface area contributed by atoms with Gasteiger partial charge in [0.25, 0.3) is 0 Å². The highest BCUT2D eigenvalue weighted by Crippen LogP contribution is 2.30. The second-order valence-electron chi connectivity index (χ2n) is 8.55. The van der Waals surface area contributed by atoms with E-state index in [2.05, 4.69) is 22.1 Å². The van der Waals surface area contributed by atoms with Crippen molar-refractivity contribution in [3.05, 3.63) is 121 Å². The van der Waals surface area contributed by atoms with Crippen LogP contribution in [0.2, 0.25) is 0 Å². The van der Waals surface area contributed by atoms with Crippen molar-refractivity contribution in [3.63, 3.8) is 0 Å². The lowest BCUT2D eigenvalue weighted by Crippen LogP contribution is -2.44. The topological polar surface area (TPSA) is 86.1 Å². The third kappa shape index (κ3) is 6.32. The molecule has 0 saturated carbocycles. The van der Waals surface area contributed by atoms with E-state index in [1.807, 2.05) is 85.8 Å². The zero-order chi connectivity index (χ0) is 26.7. The average molecular weight is 499 g/mol. The Morgan fingerprint density at radius 2 is 1.50 bits per heavy atom. The summed E-state index contributed by atoms with van der Waals surface area (Å²) in [5.41, 5.74) is 3.97. The summed E-state index contributed by atoms with van der Waals surface area (Å²) in [5.74, 6) is 4.15. The van der Waals surface area contributed by atoms with E-state index in [4.69, 9.17) is 5.26 Å². The van der Waals surface area contributed by atoms with E-state index < -0.39 is 11.9 Å². The number of nitrogens with zero attached hydrogens (tertiary/aromatic N) is 3. The minimum Gasteiger partial charge on any atom is -0.347 e. The molecule has 0 spiro atoms. The van der Waals surface area contributed by atoms with Gasteiger partial charge in [0.15, 0.2) is 0 Å². The quantitative estimate of drug-likeness (QED) is 0.335. The van der Waals surface area contributed by atoms with Crippen molar-refractivity contribution in [3.8, 4) is 29.0 Å². The van der Waals surface area contributed by atoms with Gasteiger partial charge in [0.1, 0.15) is 6.04 Å². The maximum absolute atomic E-state index is 13.8. The smallest absolute Gasteiger partial charge is 0.303 e. The van der Waals surface area contributed by atoms with Gasteiger partial charge >= 0.3 is 5.91 Å². The Balaban J connectivity index is 1.76. The van der Waals surface area contributed by atoms with Crippen molar-refractivity contribution in [2.45, 2.75) is 25.4 Å². The number of carbonyl (C=O) groups excluding carboxylic acids is 2. The number of anilines is 1. The van der Waals surface area contributed by atoms with E-state index in [1.165, 1.54) is 4.90 Å². The van der Waals surface area contributed by atoms with Crippen LogP contribution in [0.15, 0.2) is 109 Å². The predicted octanol–water partition coefficient (Wildman–Crippen LogP) is 5.62. The molecule has 6 nitrogen and oxygen atoms in total. The van der Waals surface area contributed by atoms with Crippen LogP contribution in [0, 0.1) is 23.2 Å². The van der Waals surface area contributed by atoms with Gasteiger partial charge in [-0.1, -0.05) is 84.8 Å². The fourth-order valence-corrected chi connectivity index (χ4v) is 4.12. The number of benzene rings is 3. The SMILES string of the molecule is C[C@H](NC(=O)[C@@H](c1cccnc1)N(C(=O)C#CCC#N)c1ccc(-c2ccccc2)cc1)c1ccccc1. The van der Waals surface area contributed by atoms with Crippen molar-refractivity contribution in [1.29, 1.82) is 5.26 Å². The van der Waals surface area contributed by atoms with Crippen LogP contribution in [0.5, 0.6) is 0 Å². The van der Waals surface area contributed by atoms with Crippen LogP contribution in [-0.4, -0.2) is 16.8 Å². The Kier molecular flexibility index (Phi) is 8.63. The molecule has 3 aromatic carbocycles. The molecule has 4 aromatic rings. The molecule has 0 fully saturated rings. The van der Waals surface area contributed by atoms with Crippen LogP contribution in [0.25, 0.3) is 11.1 Å². The summed E-state index contributed by atoms with van der Waals surface area (Å²) in [4.78, 5) is 32.9. The van der Waals surface area contributed by atoms with Gasteiger partial charge in [-0.15, -0.1) is 0 Å². The molecule has 0 aliphatic heterocycles. The number of amides is 2. The molecule has 0 aliphatic rings. The van der Waals surface area contributed by atoms with E-state index in [1.54, 1.807) is 36.7 Å². The van der Waals surface area contributed by atoms with Crippen LogP contribution in [-0.2, 0) is 9.59 Å². The van der Waals surface area contributed by atoms with Crippen molar-refractivity contribution in [1.82, 2.24) is 10.3 Å². The Morgan fingerprint density at radius 1 is 0.868 bits per heavy atom. The second-order valence-corrected chi connectivity index (χ2v) is 8.55. The lowest BCUT2D eigenvalue weighted by atomic mass is 10.0. The fraction of sp³-hybridized carbons (Fsp3) is 0.125. The average Bonchev–Trinajstić information content (AvgIpc) is 2.97. The van der Waals surface area contributed by atoms with Gasteiger partial charge in [0.05, 0.1) is 18.5 Å². The van der Waals surface area contributed by atoms with Gasteiger partial charge in [0.2, 0.25) is 5.91 Å². The van der Waals surface area contributed by atoms with Crippen molar-refractivity contribution < 1.29 is 9.59 Å². The summed E-state index contributed by atoms with van der Waals surface area (Å²) in [6.07, 6.45) is 3.08. The second kappa shape index (κ2) is 12.7. The molecule has 186 valence electrons. The molecule has 0 bridgehead atoms. The zero-order valence-corrected chi connectivity index (χ0v) is 20.9. The Labute approximate surface area is 222 Å². The minimum absolute atomic E-state index is 0.0959. The molecule has 0 aliphatic carbocycles. The van der Waals surface area contributed by atoms with Gasteiger partial charge < -0.3 is 5.32 Å². The number of nitrogens with one attached hydrogen (secondary N) is 1. The molecule has 6 heteroatoms. The van der Waals surface area contributed by atoms with Gasteiger partial charge in [-0.25, -0.2) is 0 Å². The highest BCUT2D eigenvalue weighted by Gasteiger charge is 2.33. The van der Waals surface area contributed by atoms with E-state index in [-0.39, 0.29) is 18.4 Å². The summed E-state index contributed by atoms with van der Waals surface area (Å²) < 4.78 is 0. The van der Waals surface area contributed by atoms with Gasteiger partial charge in [-0.2, -0.15) is 5.26 Å². The van der Waals surface area contributed by atoms with Crippen molar-refractivity contribution in [2.24, 2.45) is 0 Å². The first-order valence-electron chi connectivity index (χ1n) is 12.2. The Bertz CT molecular complexity index is 1470. The zero-order valence-electron chi connectivity index (χ0n) is 20.9. The molecule has 4 rings (SSSR count).